The number of nitrogens with one attached hydrogen (secondary N) is 1. The van der Waals surface area contributed by atoms with Crippen LogP contribution in [0.4, 0.5) is 5.69 Å². The SMILES string of the molecule is CC(C)CC(=O)Nc1ccc(C(=O)CSc2nnc(-c3ccccc3Cl)n2C)cc1. The van der Waals surface area contributed by atoms with Crippen LogP contribution in [0.25, 0.3) is 11.4 Å². The van der Waals surface area contributed by atoms with Crippen molar-refractivity contribution < 1.29 is 9.59 Å². The molecular weight excluding hydrogens is 420 g/mol. The number of nitrogens with zero attached hydrogens (tertiary/aromatic N) is 3. The standard InChI is InChI=1S/C22H23ClN4O2S/c1-14(2)12-20(29)24-16-10-8-15(9-11-16)19(28)13-30-22-26-25-21(27(22)3)17-6-4-5-7-18(17)23/h4-11,14H,12-13H2,1-3H3,(H,24,29). The molecule has 0 atom stereocenters. The Labute approximate surface area is 185 Å². The summed E-state index contributed by atoms with van der Waals surface area (Å²) in [5.41, 5.74) is 2.06. The molecule has 2 aromatic carbocycles. The van der Waals surface area contributed by atoms with Crippen LogP contribution in [-0.2, 0) is 11.8 Å². The number of rotatable bonds is 8. The maximum absolute atomic E-state index is 12.6. The summed E-state index contributed by atoms with van der Waals surface area (Å²) < 4.78 is 1.83. The van der Waals surface area contributed by atoms with Crippen LogP contribution in [0.5, 0.6) is 0 Å². The number of carbonyl (C=O) groups excluding carboxylic acids is 2. The fourth-order valence-corrected chi connectivity index (χ4v) is 3.88. The molecule has 1 aromatic heterocycles. The topological polar surface area (TPSA) is 76.9 Å². The van der Waals surface area contributed by atoms with Crippen molar-refractivity contribution in [2.75, 3.05) is 11.1 Å². The van der Waals surface area contributed by atoms with Crippen molar-refractivity contribution in [1.82, 2.24) is 14.8 Å². The van der Waals surface area contributed by atoms with Crippen molar-refractivity contribution >= 4 is 40.7 Å². The van der Waals surface area contributed by atoms with E-state index in [0.717, 1.165) is 5.56 Å². The van der Waals surface area contributed by atoms with Crippen molar-refractivity contribution in [3.63, 3.8) is 0 Å². The number of carbonyl (C=O) groups is 2. The molecule has 30 heavy (non-hydrogen) atoms. The summed E-state index contributed by atoms with van der Waals surface area (Å²) in [5, 5.41) is 12.5. The molecule has 1 heterocycles. The molecular formula is C22H23ClN4O2S. The first-order chi connectivity index (χ1) is 14.3. The Balaban J connectivity index is 1.61. The van der Waals surface area contributed by atoms with E-state index >= 15 is 0 Å². The van der Waals surface area contributed by atoms with Crippen LogP contribution in [0.15, 0.2) is 53.7 Å². The summed E-state index contributed by atoms with van der Waals surface area (Å²) in [6.07, 6.45) is 0.463. The average Bonchev–Trinajstić information content (AvgIpc) is 3.06. The van der Waals surface area contributed by atoms with Gasteiger partial charge in [-0.15, -0.1) is 10.2 Å². The van der Waals surface area contributed by atoms with Gasteiger partial charge < -0.3 is 9.88 Å². The van der Waals surface area contributed by atoms with Crippen molar-refractivity contribution in [2.45, 2.75) is 25.4 Å². The van der Waals surface area contributed by atoms with Crippen LogP contribution >= 0.6 is 23.4 Å². The third-order valence-corrected chi connectivity index (χ3v) is 5.72. The van der Waals surface area contributed by atoms with E-state index in [1.54, 1.807) is 30.3 Å². The number of thioether (sulfide) groups is 1. The van der Waals surface area contributed by atoms with Gasteiger partial charge in [-0.05, 0) is 42.3 Å². The molecule has 0 saturated heterocycles. The van der Waals surface area contributed by atoms with Crippen LogP contribution in [0.3, 0.4) is 0 Å². The number of benzene rings is 2. The van der Waals surface area contributed by atoms with Crippen molar-refractivity contribution in [3.8, 4) is 11.4 Å². The van der Waals surface area contributed by atoms with Crippen molar-refractivity contribution in [2.24, 2.45) is 13.0 Å². The third-order valence-electron chi connectivity index (χ3n) is 4.37. The lowest BCUT2D eigenvalue weighted by atomic mass is 10.1. The summed E-state index contributed by atoms with van der Waals surface area (Å²) in [6, 6.07) is 14.4. The van der Waals surface area contributed by atoms with Crippen molar-refractivity contribution in [3.05, 3.63) is 59.1 Å². The Morgan fingerprint density at radius 1 is 1.10 bits per heavy atom. The molecule has 0 bridgehead atoms. The van der Waals surface area contributed by atoms with Crippen molar-refractivity contribution in [1.29, 1.82) is 0 Å². The number of halogens is 1. The second kappa shape index (κ2) is 9.91. The zero-order valence-corrected chi connectivity index (χ0v) is 18.6. The number of anilines is 1. The minimum atomic E-state index is -0.0313. The lowest BCUT2D eigenvalue weighted by Gasteiger charge is -2.08. The predicted molar refractivity (Wildman–Crippen MR) is 121 cm³/mol. The fraction of sp³-hybridized carbons (Fsp3) is 0.273. The van der Waals surface area contributed by atoms with Gasteiger partial charge in [-0.3, -0.25) is 9.59 Å². The van der Waals surface area contributed by atoms with Crippen LogP contribution in [-0.4, -0.2) is 32.2 Å². The molecule has 0 unspecified atom stereocenters. The third kappa shape index (κ3) is 5.49. The predicted octanol–water partition coefficient (Wildman–Crippen LogP) is 5.10. The Morgan fingerprint density at radius 3 is 2.47 bits per heavy atom. The van der Waals surface area contributed by atoms with Gasteiger partial charge in [0.2, 0.25) is 5.91 Å². The van der Waals surface area contributed by atoms with Crippen LogP contribution in [0, 0.1) is 5.92 Å². The minimum absolute atomic E-state index is 0.0256. The highest BCUT2D eigenvalue weighted by molar-refractivity contribution is 7.99. The van der Waals surface area contributed by atoms with E-state index in [4.69, 9.17) is 11.6 Å². The first-order valence-corrected chi connectivity index (χ1v) is 10.9. The molecule has 0 radical (unpaired) electrons. The molecule has 8 heteroatoms. The summed E-state index contributed by atoms with van der Waals surface area (Å²) in [7, 11) is 1.85. The molecule has 1 N–H and O–H groups in total. The monoisotopic (exact) mass is 442 g/mol. The van der Waals surface area contributed by atoms with Crippen LogP contribution in [0.1, 0.15) is 30.6 Å². The highest BCUT2D eigenvalue weighted by Crippen LogP contribution is 2.28. The second-order valence-electron chi connectivity index (χ2n) is 7.28. The highest BCUT2D eigenvalue weighted by Gasteiger charge is 2.15. The molecule has 0 aliphatic rings. The van der Waals surface area contributed by atoms with E-state index in [9.17, 15) is 9.59 Å². The first kappa shape index (κ1) is 22.1. The normalized spacial score (nSPS) is 11.0. The summed E-state index contributed by atoms with van der Waals surface area (Å²) in [4.78, 5) is 24.4. The maximum Gasteiger partial charge on any atom is 0.224 e. The van der Waals surface area contributed by atoms with Crippen LogP contribution < -0.4 is 5.32 Å². The molecule has 0 aliphatic heterocycles. The van der Waals surface area contributed by atoms with Gasteiger partial charge in [0.25, 0.3) is 0 Å². The van der Waals surface area contributed by atoms with E-state index in [1.807, 2.05) is 43.7 Å². The quantitative estimate of drug-likeness (QED) is 0.388. The number of hydrogen-bond donors (Lipinski definition) is 1. The minimum Gasteiger partial charge on any atom is -0.326 e. The van der Waals surface area contributed by atoms with Gasteiger partial charge in [0.1, 0.15) is 0 Å². The number of Topliss-reactive ketones (excluding diaryl/α,β-unsaturated/α-hetero) is 1. The van der Waals surface area contributed by atoms with E-state index in [-0.39, 0.29) is 17.4 Å². The summed E-state index contributed by atoms with van der Waals surface area (Å²) in [5.74, 6) is 1.12. The molecule has 6 nitrogen and oxygen atoms in total. The average molecular weight is 443 g/mol. The zero-order chi connectivity index (χ0) is 21.7. The zero-order valence-electron chi connectivity index (χ0n) is 17.1. The van der Waals surface area contributed by atoms with Gasteiger partial charge in [0.05, 0.1) is 10.8 Å². The van der Waals surface area contributed by atoms with Gasteiger partial charge in [-0.25, -0.2) is 0 Å². The summed E-state index contributed by atoms with van der Waals surface area (Å²) >= 11 is 7.57. The lowest BCUT2D eigenvalue weighted by molar-refractivity contribution is -0.116. The van der Waals surface area contributed by atoms with Gasteiger partial charge in [0, 0.05) is 30.3 Å². The largest absolute Gasteiger partial charge is 0.326 e. The molecule has 0 saturated carbocycles. The van der Waals surface area contributed by atoms with E-state index in [1.165, 1.54) is 11.8 Å². The second-order valence-corrected chi connectivity index (χ2v) is 8.63. The fourth-order valence-electron chi connectivity index (χ4n) is 2.85. The van der Waals surface area contributed by atoms with E-state index in [2.05, 4.69) is 15.5 Å². The number of amides is 1. The maximum atomic E-state index is 12.6. The summed E-state index contributed by atoms with van der Waals surface area (Å²) in [6.45, 7) is 3.99. The van der Waals surface area contributed by atoms with E-state index in [0.29, 0.717) is 39.6 Å². The molecule has 3 rings (SSSR count). The van der Waals surface area contributed by atoms with Gasteiger partial charge in [-0.2, -0.15) is 0 Å². The number of aromatic nitrogens is 3. The van der Waals surface area contributed by atoms with Crippen LogP contribution in [0.2, 0.25) is 5.02 Å². The Hall–Kier alpha value is -2.64. The van der Waals surface area contributed by atoms with E-state index < -0.39 is 0 Å². The Morgan fingerprint density at radius 2 is 1.80 bits per heavy atom. The molecule has 1 amide bonds. The number of hydrogen-bond acceptors (Lipinski definition) is 5. The van der Waals surface area contributed by atoms with Gasteiger partial charge >= 0.3 is 0 Å². The van der Waals surface area contributed by atoms with Gasteiger partial charge in [0.15, 0.2) is 16.8 Å². The Kier molecular flexibility index (Phi) is 7.29. The van der Waals surface area contributed by atoms with Gasteiger partial charge in [-0.1, -0.05) is 49.3 Å². The molecule has 3 aromatic rings. The molecule has 0 fully saturated rings. The number of ketones is 1. The molecule has 156 valence electrons. The smallest absolute Gasteiger partial charge is 0.224 e. The lowest BCUT2D eigenvalue weighted by Crippen LogP contribution is -2.14. The Bertz CT molecular complexity index is 1050. The molecule has 0 spiro atoms. The first-order valence-electron chi connectivity index (χ1n) is 9.55. The highest BCUT2D eigenvalue weighted by atomic mass is 35.5. The molecule has 0 aliphatic carbocycles.